The van der Waals surface area contributed by atoms with E-state index in [0.29, 0.717) is 12.6 Å². The van der Waals surface area contributed by atoms with Crippen molar-refractivity contribution in [2.75, 3.05) is 13.1 Å². The first-order valence-electron chi connectivity index (χ1n) is 7.79. The summed E-state index contributed by atoms with van der Waals surface area (Å²) in [6, 6.07) is 6.35. The molecular formula is C18H22N2O. The van der Waals surface area contributed by atoms with E-state index in [2.05, 4.69) is 16.7 Å². The van der Waals surface area contributed by atoms with Gasteiger partial charge in [-0.2, -0.15) is 0 Å². The second-order valence-corrected chi connectivity index (χ2v) is 6.19. The van der Waals surface area contributed by atoms with Crippen molar-refractivity contribution in [1.82, 2.24) is 4.90 Å². The van der Waals surface area contributed by atoms with E-state index in [1.807, 2.05) is 25.1 Å². The van der Waals surface area contributed by atoms with E-state index in [-0.39, 0.29) is 5.91 Å². The number of amides is 1. The van der Waals surface area contributed by atoms with Crippen molar-refractivity contribution < 1.29 is 4.79 Å². The molecule has 2 saturated carbocycles. The molecule has 0 spiro atoms. The van der Waals surface area contributed by atoms with E-state index in [0.717, 1.165) is 42.0 Å². The van der Waals surface area contributed by atoms with Crippen LogP contribution in [0, 0.1) is 24.7 Å². The minimum absolute atomic E-state index is 0.148. The van der Waals surface area contributed by atoms with Gasteiger partial charge in [-0.3, -0.25) is 4.79 Å². The zero-order valence-electron chi connectivity index (χ0n) is 12.6. The first-order chi connectivity index (χ1) is 10.2. The fourth-order valence-electron chi connectivity index (χ4n) is 2.61. The number of hydrogen-bond donors (Lipinski definition) is 1. The Morgan fingerprint density at radius 3 is 2.71 bits per heavy atom. The van der Waals surface area contributed by atoms with Crippen LogP contribution in [0.5, 0.6) is 0 Å². The SMILES string of the molecule is Cc1ccc(C#CCN)c(C(=O)N(CC2CC2)C2CC2)c1. The molecule has 0 radical (unpaired) electrons. The number of rotatable bonds is 4. The van der Waals surface area contributed by atoms with E-state index in [9.17, 15) is 4.79 Å². The van der Waals surface area contributed by atoms with Gasteiger partial charge in [0.1, 0.15) is 0 Å². The molecule has 0 aliphatic heterocycles. The van der Waals surface area contributed by atoms with E-state index in [4.69, 9.17) is 5.73 Å². The van der Waals surface area contributed by atoms with Gasteiger partial charge in [0.2, 0.25) is 0 Å². The minimum Gasteiger partial charge on any atom is -0.335 e. The van der Waals surface area contributed by atoms with Crippen LogP contribution in [0.2, 0.25) is 0 Å². The second-order valence-electron chi connectivity index (χ2n) is 6.19. The third kappa shape index (κ3) is 3.46. The largest absolute Gasteiger partial charge is 0.335 e. The highest BCUT2D eigenvalue weighted by atomic mass is 16.2. The summed E-state index contributed by atoms with van der Waals surface area (Å²) in [5.41, 5.74) is 8.09. The zero-order chi connectivity index (χ0) is 14.8. The molecule has 2 N–H and O–H groups in total. The molecule has 2 aliphatic rings. The number of carbonyl (C=O) groups excluding carboxylic acids is 1. The fourth-order valence-corrected chi connectivity index (χ4v) is 2.61. The Kier molecular flexibility index (Phi) is 3.98. The van der Waals surface area contributed by atoms with Crippen molar-refractivity contribution >= 4 is 5.91 Å². The van der Waals surface area contributed by atoms with Crippen molar-refractivity contribution in [2.24, 2.45) is 11.7 Å². The van der Waals surface area contributed by atoms with Crippen LogP contribution in [-0.2, 0) is 0 Å². The molecule has 0 saturated heterocycles. The van der Waals surface area contributed by atoms with Crippen LogP contribution in [0.25, 0.3) is 0 Å². The van der Waals surface area contributed by atoms with Crippen LogP contribution < -0.4 is 5.73 Å². The third-order valence-electron chi connectivity index (χ3n) is 4.13. The van der Waals surface area contributed by atoms with E-state index in [1.54, 1.807) is 0 Å². The lowest BCUT2D eigenvalue weighted by Crippen LogP contribution is -2.35. The Balaban J connectivity index is 1.89. The molecule has 0 unspecified atom stereocenters. The summed E-state index contributed by atoms with van der Waals surface area (Å²) in [5, 5.41) is 0. The average molecular weight is 282 g/mol. The van der Waals surface area contributed by atoms with Crippen LogP contribution in [0.15, 0.2) is 18.2 Å². The monoisotopic (exact) mass is 282 g/mol. The molecular weight excluding hydrogens is 260 g/mol. The topological polar surface area (TPSA) is 46.3 Å². The summed E-state index contributed by atoms with van der Waals surface area (Å²) in [6.07, 6.45) is 4.83. The minimum atomic E-state index is 0.148. The molecule has 0 heterocycles. The molecule has 3 nitrogen and oxygen atoms in total. The van der Waals surface area contributed by atoms with E-state index in [1.165, 1.54) is 12.8 Å². The van der Waals surface area contributed by atoms with E-state index >= 15 is 0 Å². The van der Waals surface area contributed by atoms with Crippen LogP contribution in [0.4, 0.5) is 0 Å². The Hall–Kier alpha value is -1.79. The molecule has 3 rings (SSSR count). The second kappa shape index (κ2) is 5.91. The number of benzene rings is 1. The van der Waals surface area contributed by atoms with Gasteiger partial charge >= 0.3 is 0 Å². The summed E-state index contributed by atoms with van der Waals surface area (Å²) in [5.74, 6) is 6.77. The molecule has 1 aromatic carbocycles. The Morgan fingerprint density at radius 1 is 1.33 bits per heavy atom. The molecule has 0 bridgehead atoms. The summed E-state index contributed by atoms with van der Waals surface area (Å²) in [7, 11) is 0. The van der Waals surface area contributed by atoms with Gasteiger partial charge in [-0.15, -0.1) is 0 Å². The van der Waals surface area contributed by atoms with E-state index < -0.39 is 0 Å². The van der Waals surface area contributed by atoms with Gasteiger partial charge in [-0.05, 0) is 50.7 Å². The Labute approximate surface area is 126 Å². The maximum Gasteiger partial charge on any atom is 0.255 e. The molecule has 0 atom stereocenters. The average Bonchev–Trinajstić information content (AvgIpc) is 3.36. The van der Waals surface area contributed by atoms with Crippen LogP contribution in [0.3, 0.4) is 0 Å². The van der Waals surface area contributed by atoms with Crippen molar-refractivity contribution in [3.63, 3.8) is 0 Å². The first kappa shape index (κ1) is 14.2. The number of nitrogens with two attached hydrogens (primary N) is 1. The maximum atomic E-state index is 13.0. The molecule has 0 aromatic heterocycles. The lowest BCUT2D eigenvalue weighted by molar-refractivity contribution is 0.0734. The first-order valence-corrected chi connectivity index (χ1v) is 7.79. The Morgan fingerprint density at radius 2 is 2.10 bits per heavy atom. The summed E-state index contributed by atoms with van der Waals surface area (Å²) >= 11 is 0. The van der Waals surface area contributed by atoms with Gasteiger partial charge in [0.25, 0.3) is 5.91 Å². The van der Waals surface area contributed by atoms with Crippen molar-refractivity contribution in [3.8, 4) is 11.8 Å². The number of hydrogen-bond acceptors (Lipinski definition) is 2. The summed E-state index contributed by atoms with van der Waals surface area (Å²) in [4.78, 5) is 15.0. The smallest absolute Gasteiger partial charge is 0.255 e. The lowest BCUT2D eigenvalue weighted by atomic mass is 10.0. The highest BCUT2D eigenvalue weighted by Crippen LogP contribution is 2.35. The van der Waals surface area contributed by atoms with Crippen molar-refractivity contribution in [3.05, 3.63) is 34.9 Å². The van der Waals surface area contributed by atoms with Crippen LogP contribution >= 0.6 is 0 Å². The predicted octanol–water partition coefficient (Wildman–Crippen LogP) is 2.32. The number of aryl methyl sites for hydroxylation is 1. The summed E-state index contributed by atoms with van der Waals surface area (Å²) in [6.45, 7) is 3.25. The third-order valence-corrected chi connectivity index (χ3v) is 4.13. The number of nitrogens with zero attached hydrogens (tertiary/aromatic N) is 1. The fraction of sp³-hybridized carbons (Fsp3) is 0.500. The summed E-state index contributed by atoms with van der Waals surface area (Å²) < 4.78 is 0. The predicted molar refractivity (Wildman–Crippen MR) is 83.9 cm³/mol. The van der Waals surface area contributed by atoms with Crippen molar-refractivity contribution in [1.29, 1.82) is 0 Å². The number of carbonyl (C=O) groups is 1. The maximum absolute atomic E-state index is 13.0. The Bertz CT molecular complexity index is 603. The molecule has 21 heavy (non-hydrogen) atoms. The highest BCUT2D eigenvalue weighted by molar-refractivity contribution is 5.97. The quantitative estimate of drug-likeness (QED) is 0.862. The molecule has 2 aliphatic carbocycles. The van der Waals surface area contributed by atoms with Gasteiger partial charge in [0, 0.05) is 18.2 Å². The van der Waals surface area contributed by atoms with Gasteiger partial charge in [-0.1, -0.05) is 23.5 Å². The molecule has 1 aromatic rings. The molecule has 2 fully saturated rings. The molecule has 1 amide bonds. The van der Waals surface area contributed by atoms with Crippen LogP contribution in [-0.4, -0.2) is 29.9 Å². The van der Waals surface area contributed by atoms with Gasteiger partial charge < -0.3 is 10.6 Å². The molecule has 110 valence electrons. The van der Waals surface area contributed by atoms with Gasteiger partial charge in [0.05, 0.1) is 12.1 Å². The van der Waals surface area contributed by atoms with Gasteiger partial charge in [-0.25, -0.2) is 0 Å². The lowest BCUT2D eigenvalue weighted by Gasteiger charge is -2.23. The normalized spacial score (nSPS) is 17.0. The standard InChI is InChI=1S/C18H22N2O/c1-13-4-7-15(3-2-10-19)17(11-13)18(21)20(16-8-9-16)12-14-5-6-14/h4,7,11,14,16H,5-6,8-10,12,19H2,1H3. The molecule has 3 heteroatoms. The highest BCUT2D eigenvalue weighted by Gasteiger charge is 2.37. The van der Waals surface area contributed by atoms with Crippen LogP contribution in [0.1, 0.15) is 47.2 Å². The zero-order valence-corrected chi connectivity index (χ0v) is 12.6. The van der Waals surface area contributed by atoms with Gasteiger partial charge in [0.15, 0.2) is 0 Å². The van der Waals surface area contributed by atoms with Crippen molar-refractivity contribution in [2.45, 2.75) is 38.6 Å².